The molecule has 1 aromatic rings. The van der Waals surface area contributed by atoms with Crippen LogP contribution in [0, 0.1) is 17.0 Å². The average molecular weight is 255 g/mol. The van der Waals surface area contributed by atoms with E-state index in [9.17, 15) is 13.9 Å². The predicted octanol–water partition coefficient (Wildman–Crippen LogP) is 3.32. The van der Waals surface area contributed by atoms with E-state index in [1.54, 1.807) is 0 Å². The van der Waals surface area contributed by atoms with Crippen molar-refractivity contribution in [3.05, 3.63) is 29.8 Å². The normalized spacial score (nSPS) is 18.6. The average Bonchev–Trinajstić information content (AvgIpc) is 2.36. The van der Waals surface area contributed by atoms with Crippen LogP contribution in [0.4, 0.5) is 14.5 Å². The second-order valence-electron chi connectivity index (χ2n) is 5.23. The first-order valence-corrected chi connectivity index (χ1v) is 6.44. The highest BCUT2D eigenvalue weighted by atomic mass is 19.1. The Hall–Kier alpha value is -1.16. The molecule has 1 aliphatic rings. The van der Waals surface area contributed by atoms with Crippen LogP contribution in [-0.4, -0.2) is 18.3 Å². The molecular weight excluding hydrogens is 236 g/mol. The highest BCUT2D eigenvalue weighted by Gasteiger charge is 2.31. The van der Waals surface area contributed by atoms with Crippen LogP contribution in [0.3, 0.4) is 0 Å². The van der Waals surface area contributed by atoms with Crippen molar-refractivity contribution >= 4 is 5.69 Å². The van der Waals surface area contributed by atoms with Crippen molar-refractivity contribution in [1.82, 2.24) is 0 Å². The Morgan fingerprint density at radius 2 is 1.67 bits per heavy atom. The van der Waals surface area contributed by atoms with Gasteiger partial charge in [0, 0.05) is 23.7 Å². The standard InChI is InChI=1S/C14H19F2NO/c15-11-6-12(16)8-13(7-11)17-9-14(10-18)4-2-1-3-5-14/h6-8,17-18H,1-5,9-10H2. The quantitative estimate of drug-likeness (QED) is 0.865. The van der Waals surface area contributed by atoms with Crippen LogP contribution in [0.1, 0.15) is 32.1 Å². The Bertz CT molecular complexity index is 383. The molecule has 0 aromatic heterocycles. The zero-order valence-corrected chi connectivity index (χ0v) is 10.4. The highest BCUT2D eigenvalue weighted by Crippen LogP contribution is 2.36. The second-order valence-corrected chi connectivity index (χ2v) is 5.23. The summed E-state index contributed by atoms with van der Waals surface area (Å²) in [6.07, 6.45) is 5.36. The number of hydrogen-bond acceptors (Lipinski definition) is 2. The van der Waals surface area contributed by atoms with Crippen molar-refractivity contribution in [2.75, 3.05) is 18.5 Å². The van der Waals surface area contributed by atoms with Crippen LogP contribution >= 0.6 is 0 Å². The third-order valence-electron chi connectivity index (χ3n) is 3.78. The molecule has 1 saturated carbocycles. The van der Waals surface area contributed by atoms with E-state index >= 15 is 0 Å². The lowest BCUT2D eigenvalue weighted by Gasteiger charge is -2.36. The fourth-order valence-corrected chi connectivity index (χ4v) is 2.64. The molecule has 1 fully saturated rings. The zero-order chi connectivity index (χ0) is 13.0. The van der Waals surface area contributed by atoms with Crippen LogP contribution in [0.5, 0.6) is 0 Å². The van der Waals surface area contributed by atoms with Gasteiger partial charge in [-0.2, -0.15) is 0 Å². The Balaban J connectivity index is 2.00. The van der Waals surface area contributed by atoms with Gasteiger partial charge in [0.2, 0.25) is 0 Å². The van der Waals surface area contributed by atoms with E-state index in [-0.39, 0.29) is 12.0 Å². The first-order chi connectivity index (χ1) is 8.63. The molecular formula is C14H19F2NO. The summed E-state index contributed by atoms with van der Waals surface area (Å²) >= 11 is 0. The minimum atomic E-state index is -0.584. The Morgan fingerprint density at radius 3 is 2.22 bits per heavy atom. The monoisotopic (exact) mass is 255 g/mol. The summed E-state index contributed by atoms with van der Waals surface area (Å²) in [5, 5.41) is 12.6. The first-order valence-electron chi connectivity index (χ1n) is 6.44. The van der Waals surface area contributed by atoms with Gasteiger partial charge >= 0.3 is 0 Å². The van der Waals surface area contributed by atoms with E-state index in [1.165, 1.54) is 18.6 Å². The van der Waals surface area contributed by atoms with E-state index in [1.807, 2.05) is 0 Å². The lowest BCUT2D eigenvalue weighted by Crippen LogP contribution is -2.35. The van der Waals surface area contributed by atoms with Crippen molar-refractivity contribution in [2.24, 2.45) is 5.41 Å². The van der Waals surface area contributed by atoms with Gasteiger partial charge in [0.05, 0.1) is 6.61 Å². The molecule has 2 nitrogen and oxygen atoms in total. The molecule has 2 N–H and O–H groups in total. The molecule has 1 aromatic carbocycles. The predicted molar refractivity (Wildman–Crippen MR) is 67.5 cm³/mol. The summed E-state index contributed by atoms with van der Waals surface area (Å²) in [7, 11) is 0. The molecule has 0 amide bonds. The van der Waals surface area contributed by atoms with Crippen molar-refractivity contribution in [3.8, 4) is 0 Å². The Kier molecular flexibility index (Phi) is 4.17. The van der Waals surface area contributed by atoms with Crippen molar-refractivity contribution in [1.29, 1.82) is 0 Å². The second kappa shape index (κ2) is 5.65. The summed E-state index contributed by atoms with van der Waals surface area (Å²) in [5.74, 6) is -1.17. The number of hydrogen-bond donors (Lipinski definition) is 2. The van der Waals surface area contributed by atoms with Gasteiger partial charge in [0.15, 0.2) is 0 Å². The van der Waals surface area contributed by atoms with Gasteiger partial charge in [-0.05, 0) is 25.0 Å². The van der Waals surface area contributed by atoms with Gasteiger partial charge in [0.1, 0.15) is 11.6 Å². The van der Waals surface area contributed by atoms with E-state index in [4.69, 9.17) is 0 Å². The third kappa shape index (κ3) is 3.19. The van der Waals surface area contributed by atoms with Crippen LogP contribution in [-0.2, 0) is 0 Å². The number of aliphatic hydroxyl groups is 1. The number of aliphatic hydroxyl groups excluding tert-OH is 1. The van der Waals surface area contributed by atoms with Crippen LogP contribution in [0.2, 0.25) is 0 Å². The van der Waals surface area contributed by atoms with Crippen molar-refractivity contribution < 1.29 is 13.9 Å². The molecule has 2 rings (SSSR count). The molecule has 0 aliphatic heterocycles. The molecule has 0 spiro atoms. The maximum Gasteiger partial charge on any atom is 0.128 e. The lowest BCUT2D eigenvalue weighted by atomic mass is 9.74. The maximum atomic E-state index is 13.0. The maximum absolute atomic E-state index is 13.0. The topological polar surface area (TPSA) is 32.3 Å². The minimum absolute atomic E-state index is 0.123. The van der Waals surface area contributed by atoms with Crippen molar-refractivity contribution in [3.63, 3.8) is 0 Å². The van der Waals surface area contributed by atoms with E-state index < -0.39 is 11.6 Å². The highest BCUT2D eigenvalue weighted by molar-refractivity contribution is 5.43. The molecule has 0 radical (unpaired) electrons. The largest absolute Gasteiger partial charge is 0.396 e. The van der Waals surface area contributed by atoms with E-state index in [2.05, 4.69) is 5.32 Å². The fraction of sp³-hybridized carbons (Fsp3) is 0.571. The number of anilines is 1. The first kappa shape index (κ1) is 13.3. The molecule has 0 unspecified atom stereocenters. The van der Waals surface area contributed by atoms with Gasteiger partial charge in [-0.1, -0.05) is 19.3 Å². The number of rotatable bonds is 4. The van der Waals surface area contributed by atoms with Crippen LogP contribution < -0.4 is 5.32 Å². The molecule has 4 heteroatoms. The summed E-state index contributed by atoms with van der Waals surface area (Å²) in [6, 6.07) is 3.40. The molecule has 1 aliphatic carbocycles. The smallest absolute Gasteiger partial charge is 0.128 e. The number of halogens is 2. The van der Waals surface area contributed by atoms with E-state index in [0.717, 1.165) is 31.7 Å². The number of benzene rings is 1. The summed E-state index contributed by atoms with van der Waals surface area (Å²) in [5.41, 5.74) is 0.298. The SMILES string of the molecule is OCC1(CNc2cc(F)cc(F)c2)CCCCC1. The summed E-state index contributed by atoms with van der Waals surface area (Å²) in [6.45, 7) is 0.685. The minimum Gasteiger partial charge on any atom is -0.396 e. The van der Waals surface area contributed by atoms with Gasteiger partial charge in [0.25, 0.3) is 0 Å². The molecule has 100 valence electrons. The van der Waals surface area contributed by atoms with Gasteiger partial charge in [-0.15, -0.1) is 0 Å². The van der Waals surface area contributed by atoms with Gasteiger partial charge in [-0.3, -0.25) is 0 Å². The lowest BCUT2D eigenvalue weighted by molar-refractivity contribution is 0.0944. The van der Waals surface area contributed by atoms with Gasteiger partial charge < -0.3 is 10.4 Å². The van der Waals surface area contributed by atoms with Gasteiger partial charge in [-0.25, -0.2) is 8.78 Å². The zero-order valence-electron chi connectivity index (χ0n) is 10.4. The Morgan fingerprint density at radius 1 is 1.06 bits per heavy atom. The van der Waals surface area contributed by atoms with Crippen molar-refractivity contribution in [2.45, 2.75) is 32.1 Å². The molecule has 0 saturated heterocycles. The fourth-order valence-electron chi connectivity index (χ4n) is 2.64. The molecule has 0 atom stereocenters. The van der Waals surface area contributed by atoms with Crippen LogP contribution in [0.15, 0.2) is 18.2 Å². The molecule has 0 heterocycles. The van der Waals surface area contributed by atoms with Crippen LogP contribution in [0.25, 0.3) is 0 Å². The molecule has 0 bridgehead atoms. The number of nitrogens with one attached hydrogen (secondary N) is 1. The van der Waals surface area contributed by atoms with E-state index in [0.29, 0.717) is 12.2 Å². The third-order valence-corrected chi connectivity index (χ3v) is 3.78. The summed E-state index contributed by atoms with van der Waals surface area (Å²) < 4.78 is 26.1. The summed E-state index contributed by atoms with van der Waals surface area (Å²) in [4.78, 5) is 0. The Labute approximate surface area is 106 Å². The molecule has 18 heavy (non-hydrogen) atoms.